The lowest BCUT2D eigenvalue weighted by Gasteiger charge is -2.29. The van der Waals surface area contributed by atoms with Crippen LogP contribution in [0.4, 0.5) is 11.4 Å². The fourth-order valence-corrected chi connectivity index (χ4v) is 2.59. The van der Waals surface area contributed by atoms with Gasteiger partial charge in [-0.15, -0.1) is 0 Å². The molecule has 1 aliphatic rings. The number of nitro groups is 1. The van der Waals surface area contributed by atoms with Crippen LogP contribution in [-0.4, -0.2) is 10.6 Å². The molecule has 1 aromatic carbocycles. The third-order valence-corrected chi connectivity index (χ3v) is 3.22. The van der Waals surface area contributed by atoms with Crippen molar-refractivity contribution in [3.63, 3.8) is 0 Å². The molecule has 0 bridgehead atoms. The number of non-ortho nitro benzene ring substituents is 1. The van der Waals surface area contributed by atoms with E-state index in [0.29, 0.717) is 5.69 Å². The third kappa shape index (κ3) is 3.66. The topological polar surface area (TPSA) is 67.5 Å². The minimum atomic E-state index is -0.411. The van der Waals surface area contributed by atoms with Crippen molar-refractivity contribution in [1.82, 2.24) is 0 Å². The summed E-state index contributed by atoms with van der Waals surface area (Å²) in [6.07, 6.45) is 4.05. The summed E-state index contributed by atoms with van der Waals surface area (Å²) in [5.41, 5.74) is 6.09. The first-order valence-corrected chi connectivity index (χ1v) is 6.60. The summed E-state index contributed by atoms with van der Waals surface area (Å²) < 4.78 is 0. The van der Waals surface area contributed by atoms with Crippen LogP contribution in [0.25, 0.3) is 0 Å². The van der Waals surface area contributed by atoms with E-state index in [4.69, 9.17) is 0 Å². The molecule has 0 saturated carbocycles. The molecule has 1 N–H and O–H groups in total. The molecule has 1 aromatic rings. The first kappa shape index (κ1) is 14.2. The van der Waals surface area contributed by atoms with Gasteiger partial charge >= 0.3 is 0 Å². The predicted octanol–water partition coefficient (Wildman–Crippen LogP) is 4.13. The second kappa shape index (κ2) is 5.45. The van der Waals surface area contributed by atoms with Gasteiger partial charge in [-0.2, -0.15) is 5.10 Å². The van der Waals surface area contributed by atoms with Crippen LogP contribution in [0.2, 0.25) is 0 Å². The van der Waals surface area contributed by atoms with Crippen molar-refractivity contribution >= 4 is 17.1 Å². The Morgan fingerprint density at radius 3 is 2.75 bits per heavy atom. The quantitative estimate of drug-likeness (QED) is 0.665. The Morgan fingerprint density at radius 1 is 1.35 bits per heavy atom. The number of nitro benzene ring substituents is 1. The molecule has 0 radical (unpaired) electrons. The lowest BCUT2D eigenvalue weighted by atomic mass is 9.77. The number of allylic oxidation sites excluding steroid dienone is 2. The lowest BCUT2D eigenvalue weighted by Crippen LogP contribution is -2.21. The predicted molar refractivity (Wildman–Crippen MR) is 80.9 cm³/mol. The Bertz CT molecular complexity index is 589. The zero-order valence-electron chi connectivity index (χ0n) is 12.0. The highest BCUT2D eigenvalue weighted by atomic mass is 16.6. The number of rotatable bonds is 3. The highest BCUT2D eigenvalue weighted by Gasteiger charge is 2.24. The van der Waals surface area contributed by atoms with E-state index in [0.717, 1.165) is 18.6 Å². The van der Waals surface area contributed by atoms with E-state index in [-0.39, 0.29) is 11.1 Å². The highest BCUT2D eigenvalue weighted by Crippen LogP contribution is 2.33. The second-order valence-electron chi connectivity index (χ2n) is 6.03. The molecule has 0 unspecified atom stereocenters. The average molecular weight is 273 g/mol. The van der Waals surface area contributed by atoms with Gasteiger partial charge in [0.05, 0.1) is 16.3 Å². The fraction of sp³-hybridized carbons (Fsp3) is 0.400. The van der Waals surface area contributed by atoms with E-state index >= 15 is 0 Å². The number of nitrogens with zero attached hydrogens (tertiary/aromatic N) is 2. The Labute approximate surface area is 118 Å². The van der Waals surface area contributed by atoms with Gasteiger partial charge in [0.2, 0.25) is 0 Å². The van der Waals surface area contributed by atoms with Crippen LogP contribution in [0.1, 0.15) is 33.6 Å². The molecule has 1 aliphatic carbocycles. The Morgan fingerprint density at radius 2 is 2.10 bits per heavy atom. The molecular formula is C15H19N3O2. The van der Waals surface area contributed by atoms with Crippen molar-refractivity contribution in [2.45, 2.75) is 33.6 Å². The van der Waals surface area contributed by atoms with Crippen molar-refractivity contribution < 1.29 is 4.92 Å². The van der Waals surface area contributed by atoms with Crippen molar-refractivity contribution in [2.75, 3.05) is 5.43 Å². The van der Waals surface area contributed by atoms with Gasteiger partial charge in [0.1, 0.15) is 0 Å². The van der Waals surface area contributed by atoms with Gasteiger partial charge in [-0.3, -0.25) is 15.5 Å². The van der Waals surface area contributed by atoms with Crippen LogP contribution >= 0.6 is 0 Å². The minimum absolute atomic E-state index is 0.0610. The van der Waals surface area contributed by atoms with Gasteiger partial charge in [-0.25, -0.2) is 0 Å². The average Bonchev–Trinajstić information content (AvgIpc) is 2.34. The van der Waals surface area contributed by atoms with E-state index < -0.39 is 4.92 Å². The maximum absolute atomic E-state index is 10.7. The van der Waals surface area contributed by atoms with Crippen LogP contribution < -0.4 is 5.43 Å². The van der Waals surface area contributed by atoms with Gasteiger partial charge in [0.25, 0.3) is 5.69 Å². The zero-order chi connectivity index (χ0) is 14.8. The molecular weight excluding hydrogens is 254 g/mol. The largest absolute Gasteiger partial charge is 0.278 e. The van der Waals surface area contributed by atoms with Gasteiger partial charge in [0.15, 0.2) is 0 Å². The van der Waals surface area contributed by atoms with E-state index in [2.05, 4.69) is 37.4 Å². The van der Waals surface area contributed by atoms with Crippen LogP contribution in [0.15, 0.2) is 41.0 Å². The van der Waals surface area contributed by atoms with Gasteiger partial charge < -0.3 is 0 Å². The molecule has 0 amide bonds. The Kier molecular flexibility index (Phi) is 3.88. The number of anilines is 1. The molecule has 20 heavy (non-hydrogen) atoms. The standard InChI is InChI=1S/C15H19N3O2/c1-11-7-13(10-15(2,3)9-11)17-16-12-5-4-6-14(8-12)18(19)20/h4-8,16H,9-10H2,1-3H3/b17-13-. The summed E-state index contributed by atoms with van der Waals surface area (Å²) >= 11 is 0. The third-order valence-electron chi connectivity index (χ3n) is 3.22. The summed E-state index contributed by atoms with van der Waals surface area (Å²) in [7, 11) is 0. The molecule has 5 nitrogen and oxygen atoms in total. The van der Waals surface area contributed by atoms with E-state index in [1.165, 1.54) is 17.7 Å². The summed E-state index contributed by atoms with van der Waals surface area (Å²) in [6.45, 7) is 6.53. The minimum Gasteiger partial charge on any atom is -0.278 e. The normalized spacial score (nSPS) is 19.6. The molecule has 0 fully saturated rings. The highest BCUT2D eigenvalue weighted by molar-refractivity contribution is 5.97. The SMILES string of the molecule is CC1=C/C(=N/Nc2cccc([N+](=O)[O-])c2)CC(C)(C)C1. The summed E-state index contributed by atoms with van der Waals surface area (Å²) in [5.74, 6) is 0. The number of hydrogen-bond acceptors (Lipinski definition) is 4. The molecule has 0 heterocycles. The number of hydrazone groups is 1. The first-order chi connectivity index (χ1) is 9.35. The molecule has 0 aliphatic heterocycles. The van der Waals surface area contributed by atoms with E-state index in [9.17, 15) is 10.1 Å². The molecule has 5 heteroatoms. The van der Waals surface area contributed by atoms with Crippen molar-refractivity contribution in [3.8, 4) is 0 Å². The number of hydrogen-bond donors (Lipinski definition) is 1. The summed E-state index contributed by atoms with van der Waals surface area (Å²) in [4.78, 5) is 10.3. The van der Waals surface area contributed by atoms with E-state index in [1.807, 2.05) is 0 Å². The Hall–Kier alpha value is -2.17. The number of benzene rings is 1. The monoisotopic (exact) mass is 273 g/mol. The van der Waals surface area contributed by atoms with Crippen LogP contribution in [0.5, 0.6) is 0 Å². The lowest BCUT2D eigenvalue weighted by molar-refractivity contribution is -0.384. The van der Waals surface area contributed by atoms with Crippen LogP contribution in [0.3, 0.4) is 0 Å². The van der Waals surface area contributed by atoms with Gasteiger partial charge in [-0.1, -0.05) is 25.5 Å². The van der Waals surface area contributed by atoms with Crippen molar-refractivity contribution in [3.05, 3.63) is 46.0 Å². The van der Waals surface area contributed by atoms with E-state index in [1.54, 1.807) is 12.1 Å². The summed E-state index contributed by atoms with van der Waals surface area (Å²) in [5, 5.41) is 15.1. The molecule has 0 spiro atoms. The number of nitrogens with one attached hydrogen (secondary N) is 1. The molecule has 0 atom stereocenters. The first-order valence-electron chi connectivity index (χ1n) is 6.60. The summed E-state index contributed by atoms with van der Waals surface area (Å²) in [6, 6.07) is 6.36. The molecule has 0 saturated heterocycles. The van der Waals surface area contributed by atoms with Crippen LogP contribution in [-0.2, 0) is 0 Å². The molecule has 2 rings (SSSR count). The zero-order valence-corrected chi connectivity index (χ0v) is 12.0. The maximum Gasteiger partial charge on any atom is 0.271 e. The Balaban J connectivity index is 2.15. The smallest absolute Gasteiger partial charge is 0.271 e. The van der Waals surface area contributed by atoms with Crippen molar-refractivity contribution in [2.24, 2.45) is 10.5 Å². The van der Waals surface area contributed by atoms with Crippen LogP contribution in [0, 0.1) is 15.5 Å². The fourth-order valence-electron chi connectivity index (χ4n) is 2.59. The molecule has 0 aromatic heterocycles. The van der Waals surface area contributed by atoms with Gasteiger partial charge in [0, 0.05) is 12.1 Å². The second-order valence-corrected chi connectivity index (χ2v) is 6.03. The van der Waals surface area contributed by atoms with Crippen molar-refractivity contribution in [1.29, 1.82) is 0 Å². The van der Waals surface area contributed by atoms with Gasteiger partial charge in [-0.05, 0) is 37.3 Å². The maximum atomic E-state index is 10.7. The molecule has 106 valence electrons.